The molecule has 0 saturated heterocycles. The molecule has 3 aromatic carbocycles. The fourth-order valence-corrected chi connectivity index (χ4v) is 5.06. The van der Waals surface area contributed by atoms with E-state index in [2.05, 4.69) is 6.07 Å². The van der Waals surface area contributed by atoms with Crippen molar-refractivity contribution in [3.8, 4) is 6.07 Å². The molecule has 0 bridgehead atoms. The van der Waals surface area contributed by atoms with Gasteiger partial charge in [0.1, 0.15) is 11.5 Å². The van der Waals surface area contributed by atoms with Gasteiger partial charge in [-0.1, -0.05) is 72.4 Å². The van der Waals surface area contributed by atoms with Gasteiger partial charge in [0, 0.05) is 9.79 Å². The van der Waals surface area contributed by atoms with Crippen molar-refractivity contribution in [2.24, 2.45) is 5.73 Å². The van der Waals surface area contributed by atoms with Gasteiger partial charge in [-0.2, -0.15) is 5.26 Å². The molecule has 2 N–H and O–H groups in total. The number of carbonyl (C=O) groups excluding carboxylic acids is 2. The molecular weight excluding hydrogens is 474 g/mol. The van der Waals surface area contributed by atoms with Gasteiger partial charge in [-0.25, -0.2) is 9.59 Å². The summed E-state index contributed by atoms with van der Waals surface area (Å²) in [5.41, 5.74) is 7.75. The van der Waals surface area contributed by atoms with Gasteiger partial charge in [-0.3, -0.25) is 4.90 Å². The normalized spacial score (nSPS) is 15.4. The molecule has 1 atom stereocenters. The minimum Gasteiger partial charge on any atom is -0.466 e. The predicted molar refractivity (Wildman–Crippen MR) is 137 cm³/mol. The van der Waals surface area contributed by atoms with E-state index in [1.807, 2.05) is 48.5 Å². The zero-order valence-corrected chi connectivity index (χ0v) is 20.5. The number of nitriles is 1. The zero-order valence-electron chi connectivity index (χ0n) is 19.7. The number of ether oxygens (including phenoxy) is 2. The molecule has 1 heterocycles. The number of nitrogens with zero attached hydrogens (tertiary/aromatic N) is 2. The third-order valence-corrected chi connectivity index (χ3v) is 6.76. The molecule has 0 aromatic heterocycles. The van der Waals surface area contributed by atoms with Crippen LogP contribution in [0.1, 0.15) is 11.5 Å². The van der Waals surface area contributed by atoms with E-state index in [9.17, 15) is 14.9 Å². The summed E-state index contributed by atoms with van der Waals surface area (Å²) in [4.78, 5) is 29.6. The molecule has 0 saturated carbocycles. The van der Waals surface area contributed by atoms with Gasteiger partial charge in [0.05, 0.1) is 43.0 Å². The molecule has 1 aliphatic heterocycles. The van der Waals surface area contributed by atoms with Gasteiger partial charge in [0.2, 0.25) is 0 Å². The minimum absolute atomic E-state index is 0.0270. The van der Waals surface area contributed by atoms with E-state index in [0.717, 1.165) is 9.79 Å². The number of allylic oxidation sites excluding steroid dienone is 1. The van der Waals surface area contributed by atoms with E-state index in [1.165, 1.54) is 30.9 Å². The standard InChI is InChI=1S/C28H23N3O4S/c1-34-27(32)24-23(18-11-5-3-6-12-18)20(17-29)26(30)31(25(24)28(33)35-2)21-15-9-10-16-22(21)36-19-13-7-4-8-14-19/h3-16,23H,30H2,1-2H3. The molecule has 4 rings (SSSR count). The first-order valence-corrected chi connectivity index (χ1v) is 11.8. The maximum absolute atomic E-state index is 13.3. The lowest BCUT2D eigenvalue weighted by Gasteiger charge is -2.36. The summed E-state index contributed by atoms with van der Waals surface area (Å²) in [5, 5.41) is 10.2. The predicted octanol–water partition coefficient (Wildman–Crippen LogP) is 4.74. The largest absolute Gasteiger partial charge is 0.466 e. The third-order valence-electron chi connectivity index (χ3n) is 5.69. The number of benzene rings is 3. The number of carbonyl (C=O) groups is 2. The van der Waals surface area contributed by atoms with Crippen molar-refractivity contribution in [3.05, 3.63) is 113 Å². The smallest absolute Gasteiger partial charge is 0.355 e. The van der Waals surface area contributed by atoms with Crippen LogP contribution in [0.5, 0.6) is 0 Å². The van der Waals surface area contributed by atoms with Crippen LogP contribution in [0.4, 0.5) is 5.69 Å². The van der Waals surface area contributed by atoms with Crippen molar-refractivity contribution in [1.82, 2.24) is 0 Å². The van der Waals surface area contributed by atoms with Gasteiger partial charge in [0.15, 0.2) is 0 Å². The third kappa shape index (κ3) is 4.57. The second-order valence-corrected chi connectivity index (χ2v) is 8.83. The minimum atomic E-state index is -0.914. The molecule has 180 valence electrons. The molecule has 1 unspecified atom stereocenters. The van der Waals surface area contributed by atoms with Crippen molar-refractivity contribution in [2.75, 3.05) is 19.1 Å². The molecule has 3 aromatic rings. The SMILES string of the molecule is COC(=O)C1=C(C(=O)OC)N(c2ccccc2Sc2ccccc2)C(N)=C(C#N)C1c1ccccc1. The van der Waals surface area contributed by atoms with Crippen molar-refractivity contribution in [1.29, 1.82) is 5.26 Å². The second-order valence-electron chi connectivity index (χ2n) is 7.72. The number of hydrogen-bond donors (Lipinski definition) is 1. The molecule has 0 fully saturated rings. The summed E-state index contributed by atoms with van der Waals surface area (Å²) in [5.74, 6) is -2.43. The van der Waals surface area contributed by atoms with E-state index < -0.39 is 17.9 Å². The van der Waals surface area contributed by atoms with E-state index >= 15 is 0 Å². The van der Waals surface area contributed by atoms with Crippen LogP contribution >= 0.6 is 11.8 Å². The number of esters is 2. The number of rotatable bonds is 6. The molecule has 1 aliphatic rings. The Morgan fingerprint density at radius 1 is 0.889 bits per heavy atom. The first-order valence-electron chi connectivity index (χ1n) is 11.0. The lowest BCUT2D eigenvalue weighted by atomic mass is 9.81. The number of hydrogen-bond acceptors (Lipinski definition) is 8. The summed E-state index contributed by atoms with van der Waals surface area (Å²) in [6.45, 7) is 0. The van der Waals surface area contributed by atoms with Crippen LogP contribution in [0.2, 0.25) is 0 Å². The van der Waals surface area contributed by atoms with Crippen LogP contribution in [-0.4, -0.2) is 26.2 Å². The Bertz CT molecular complexity index is 1400. The zero-order chi connectivity index (χ0) is 25.7. The van der Waals surface area contributed by atoms with Gasteiger partial charge in [-0.05, 0) is 29.8 Å². The monoisotopic (exact) mass is 497 g/mol. The number of anilines is 1. The summed E-state index contributed by atoms with van der Waals surface area (Å²) in [6, 6.07) is 28.1. The lowest BCUT2D eigenvalue weighted by molar-refractivity contribution is -0.139. The van der Waals surface area contributed by atoms with Crippen LogP contribution in [-0.2, 0) is 19.1 Å². The topological polar surface area (TPSA) is 106 Å². The highest BCUT2D eigenvalue weighted by Crippen LogP contribution is 2.46. The molecule has 36 heavy (non-hydrogen) atoms. The summed E-state index contributed by atoms with van der Waals surface area (Å²) < 4.78 is 10.2. The van der Waals surface area contributed by atoms with Gasteiger partial charge >= 0.3 is 11.9 Å². The Morgan fingerprint density at radius 2 is 1.47 bits per heavy atom. The van der Waals surface area contributed by atoms with Gasteiger partial charge in [-0.15, -0.1) is 0 Å². The van der Waals surface area contributed by atoms with Crippen molar-refractivity contribution in [2.45, 2.75) is 15.7 Å². The van der Waals surface area contributed by atoms with E-state index in [0.29, 0.717) is 11.3 Å². The van der Waals surface area contributed by atoms with Crippen LogP contribution in [0.15, 0.2) is 117 Å². The van der Waals surface area contributed by atoms with E-state index in [1.54, 1.807) is 36.4 Å². The number of nitrogens with two attached hydrogens (primary N) is 1. The van der Waals surface area contributed by atoms with Gasteiger partial charge in [0.25, 0.3) is 0 Å². The van der Waals surface area contributed by atoms with Crippen LogP contribution in [0.25, 0.3) is 0 Å². The molecule has 0 amide bonds. The second kappa shape index (κ2) is 10.8. The van der Waals surface area contributed by atoms with E-state index in [4.69, 9.17) is 15.2 Å². The summed E-state index contributed by atoms with van der Waals surface area (Å²) in [6.07, 6.45) is 0. The molecule has 0 aliphatic carbocycles. The van der Waals surface area contributed by atoms with Crippen LogP contribution < -0.4 is 10.6 Å². The average molecular weight is 498 g/mol. The molecule has 0 radical (unpaired) electrons. The highest BCUT2D eigenvalue weighted by molar-refractivity contribution is 7.99. The molecule has 7 nitrogen and oxygen atoms in total. The van der Waals surface area contributed by atoms with Gasteiger partial charge < -0.3 is 15.2 Å². The van der Waals surface area contributed by atoms with Crippen molar-refractivity contribution < 1.29 is 19.1 Å². The Kier molecular flexibility index (Phi) is 7.42. The number of methoxy groups -OCH3 is 2. The Labute approximate surface area is 213 Å². The lowest BCUT2D eigenvalue weighted by Crippen LogP contribution is -2.41. The molecular formula is C28H23N3O4S. The quantitative estimate of drug-likeness (QED) is 0.487. The fraction of sp³-hybridized carbons (Fsp3) is 0.107. The number of para-hydroxylation sites is 1. The van der Waals surface area contributed by atoms with E-state index in [-0.39, 0.29) is 22.7 Å². The van der Waals surface area contributed by atoms with Crippen LogP contribution in [0, 0.1) is 11.3 Å². The fourth-order valence-electron chi connectivity index (χ4n) is 4.11. The van der Waals surface area contributed by atoms with Crippen molar-refractivity contribution >= 4 is 29.4 Å². The Balaban J connectivity index is 2.01. The Hall–Kier alpha value is -4.48. The highest BCUT2D eigenvalue weighted by atomic mass is 32.2. The molecule has 8 heteroatoms. The highest BCUT2D eigenvalue weighted by Gasteiger charge is 2.43. The first-order chi connectivity index (χ1) is 17.5. The average Bonchev–Trinajstić information content (AvgIpc) is 2.93. The first kappa shape index (κ1) is 24.6. The Morgan fingerprint density at radius 3 is 2.08 bits per heavy atom. The summed E-state index contributed by atoms with van der Waals surface area (Å²) in [7, 11) is 2.45. The maximum atomic E-state index is 13.3. The van der Waals surface area contributed by atoms with Crippen molar-refractivity contribution in [3.63, 3.8) is 0 Å². The summed E-state index contributed by atoms with van der Waals surface area (Å²) >= 11 is 1.46. The van der Waals surface area contributed by atoms with Crippen LogP contribution in [0.3, 0.4) is 0 Å². The molecule has 0 spiro atoms. The maximum Gasteiger partial charge on any atom is 0.355 e.